The summed E-state index contributed by atoms with van der Waals surface area (Å²) in [4.78, 5) is 0. The van der Waals surface area contributed by atoms with Crippen molar-refractivity contribution in [2.75, 3.05) is 0 Å². The Morgan fingerprint density at radius 3 is 1.57 bits per heavy atom. The van der Waals surface area contributed by atoms with Crippen LogP contribution in [0.4, 0.5) is 0 Å². The van der Waals surface area contributed by atoms with Crippen molar-refractivity contribution in [1.82, 2.24) is 0 Å². The number of hydrogen-bond acceptors (Lipinski definition) is 1. The van der Waals surface area contributed by atoms with Crippen LogP contribution in [0.5, 0.6) is 0 Å². The van der Waals surface area contributed by atoms with Crippen LogP contribution < -0.4 is 5.73 Å². The van der Waals surface area contributed by atoms with E-state index in [1.54, 1.807) is 0 Å². The first-order chi connectivity index (χ1) is 2.56. The van der Waals surface area contributed by atoms with Crippen LogP contribution in [0.25, 0.3) is 0 Å². The number of hydrogen-bond donors (Lipinski definition) is 1. The van der Waals surface area contributed by atoms with E-state index in [1.807, 2.05) is 13.8 Å². The zero-order chi connectivity index (χ0) is 5.21. The van der Waals surface area contributed by atoms with Crippen molar-refractivity contribution in [3.8, 4) is 0 Å². The molecule has 0 aromatic rings. The van der Waals surface area contributed by atoms with E-state index in [0.29, 0.717) is 0 Å². The zero-order valence-electron chi connectivity index (χ0n) is 4.78. The van der Waals surface area contributed by atoms with Gasteiger partial charge in [-0.25, -0.2) is 0 Å². The third-order valence-electron chi connectivity index (χ3n) is 0.911. The van der Waals surface area contributed by atoms with E-state index in [-0.39, 0.29) is 24.4 Å². The first kappa shape index (κ1) is 10.5. The molecule has 0 fully saturated rings. The van der Waals surface area contributed by atoms with Gasteiger partial charge >= 0.3 is 18.9 Å². The van der Waals surface area contributed by atoms with Crippen LogP contribution in [0.3, 0.4) is 0 Å². The minimum atomic E-state index is 0. The van der Waals surface area contributed by atoms with Crippen LogP contribution in [-0.2, 0) is 0 Å². The molecule has 0 unspecified atom stereocenters. The molecule has 0 amide bonds. The van der Waals surface area contributed by atoms with E-state index in [1.165, 1.54) is 0 Å². The van der Waals surface area contributed by atoms with Gasteiger partial charge in [-0.1, -0.05) is 6.92 Å². The van der Waals surface area contributed by atoms with Crippen molar-refractivity contribution < 1.29 is 0 Å². The second-order valence-corrected chi connectivity index (χ2v) is 2.34. The van der Waals surface area contributed by atoms with Crippen molar-refractivity contribution in [3.05, 3.63) is 0 Å². The summed E-state index contributed by atoms with van der Waals surface area (Å²) >= 11 is 0. The molecule has 0 saturated carbocycles. The molecule has 0 atom stereocenters. The Hall–Kier alpha value is 0.557. The Labute approximate surface area is 57.8 Å². The molecule has 0 bridgehead atoms. The van der Waals surface area contributed by atoms with Crippen LogP contribution in [0.2, 0.25) is 0 Å². The van der Waals surface area contributed by atoms with Gasteiger partial charge in [-0.2, -0.15) is 0 Å². The average Bonchev–Trinajstić information content (AvgIpc) is 1.35. The van der Waals surface area contributed by atoms with E-state index < -0.39 is 0 Å². The predicted molar refractivity (Wildman–Crippen MR) is 35.7 cm³/mol. The van der Waals surface area contributed by atoms with Crippen molar-refractivity contribution in [3.63, 3.8) is 0 Å². The Balaban J connectivity index is 0. The molecule has 0 aliphatic carbocycles. The molecule has 0 heterocycles. The SMILES string of the molecule is CCC(C)(C)N.[LiH]. The molecule has 0 rings (SSSR count). The fraction of sp³-hybridized carbons (Fsp3) is 1.00. The zero-order valence-corrected chi connectivity index (χ0v) is 4.78. The van der Waals surface area contributed by atoms with Gasteiger partial charge in [0.05, 0.1) is 0 Å². The first-order valence-corrected chi connectivity index (χ1v) is 2.35. The Bertz CT molecular complexity index is 37.8. The average molecular weight is 95.1 g/mol. The molecule has 0 aromatic carbocycles. The summed E-state index contributed by atoms with van der Waals surface area (Å²) in [5.41, 5.74) is 5.58. The summed E-state index contributed by atoms with van der Waals surface area (Å²) in [5.74, 6) is 0. The monoisotopic (exact) mass is 95.1 g/mol. The molecule has 7 heavy (non-hydrogen) atoms. The molecule has 2 heteroatoms. The van der Waals surface area contributed by atoms with Gasteiger partial charge in [-0.05, 0) is 20.3 Å². The van der Waals surface area contributed by atoms with E-state index in [2.05, 4.69) is 6.92 Å². The van der Waals surface area contributed by atoms with E-state index >= 15 is 0 Å². The van der Waals surface area contributed by atoms with Gasteiger partial charge in [0.1, 0.15) is 0 Å². The molecule has 0 spiro atoms. The van der Waals surface area contributed by atoms with E-state index in [4.69, 9.17) is 5.73 Å². The quantitative estimate of drug-likeness (QED) is 0.471. The van der Waals surface area contributed by atoms with Gasteiger partial charge in [0.2, 0.25) is 0 Å². The van der Waals surface area contributed by atoms with Crippen LogP contribution in [-0.4, -0.2) is 24.4 Å². The molecule has 0 aliphatic rings. The minimum absolute atomic E-state index is 0. The van der Waals surface area contributed by atoms with Gasteiger partial charge in [0.25, 0.3) is 0 Å². The summed E-state index contributed by atoms with van der Waals surface area (Å²) in [7, 11) is 0. The third kappa shape index (κ3) is 10.8. The van der Waals surface area contributed by atoms with Crippen LogP contribution >= 0.6 is 0 Å². The number of nitrogens with two attached hydrogens (primary N) is 1. The van der Waals surface area contributed by atoms with Crippen molar-refractivity contribution in [2.45, 2.75) is 32.7 Å². The summed E-state index contributed by atoms with van der Waals surface area (Å²) in [6, 6.07) is 0. The second-order valence-electron chi connectivity index (χ2n) is 2.34. The van der Waals surface area contributed by atoms with Crippen molar-refractivity contribution in [1.29, 1.82) is 0 Å². The fourth-order valence-electron chi connectivity index (χ4n) is 0. The maximum absolute atomic E-state index is 5.53. The topological polar surface area (TPSA) is 26.0 Å². The molecule has 0 saturated heterocycles. The maximum atomic E-state index is 5.53. The molecule has 2 N–H and O–H groups in total. The van der Waals surface area contributed by atoms with E-state index in [9.17, 15) is 0 Å². The normalized spacial score (nSPS) is 10.3. The second kappa shape index (κ2) is 3.55. The van der Waals surface area contributed by atoms with Crippen molar-refractivity contribution in [2.24, 2.45) is 5.73 Å². The molecule has 1 nitrogen and oxygen atoms in total. The Kier molecular flexibility index (Phi) is 5.33. The fourth-order valence-corrected chi connectivity index (χ4v) is 0. The van der Waals surface area contributed by atoms with Gasteiger partial charge in [0, 0.05) is 5.54 Å². The molecular formula is C5H14LiN. The van der Waals surface area contributed by atoms with Gasteiger partial charge in [-0.15, -0.1) is 0 Å². The molecule has 0 aliphatic heterocycles. The summed E-state index contributed by atoms with van der Waals surface area (Å²) in [6.07, 6.45) is 1.05. The third-order valence-corrected chi connectivity index (χ3v) is 0.911. The molecular weight excluding hydrogens is 81.0 g/mol. The van der Waals surface area contributed by atoms with Crippen molar-refractivity contribution >= 4 is 18.9 Å². The first-order valence-electron chi connectivity index (χ1n) is 2.35. The Morgan fingerprint density at radius 2 is 1.57 bits per heavy atom. The number of rotatable bonds is 1. The van der Waals surface area contributed by atoms with E-state index in [0.717, 1.165) is 6.42 Å². The summed E-state index contributed by atoms with van der Waals surface area (Å²) in [6.45, 7) is 6.12. The van der Waals surface area contributed by atoms with Crippen LogP contribution in [0.15, 0.2) is 0 Å². The molecule has 40 valence electrons. The predicted octanol–water partition coefficient (Wildman–Crippen LogP) is 0.485. The Morgan fingerprint density at radius 1 is 1.43 bits per heavy atom. The summed E-state index contributed by atoms with van der Waals surface area (Å²) < 4.78 is 0. The van der Waals surface area contributed by atoms with Gasteiger partial charge < -0.3 is 5.73 Å². The summed E-state index contributed by atoms with van der Waals surface area (Å²) in [5, 5.41) is 0. The molecule has 0 aromatic heterocycles. The van der Waals surface area contributed by atoms with Crippen LogP contribution in [0, 0.1) is 0 Å². The molecule has 0 radical (unpaired) electrons. The standard InChI is InChI=1S/C5H13N.Li.H/c1-4-5(2,3)6;;/h4,6H2,1-3H3;;. The van der Waals surface area contributed by atoms with Crippen LogP contribution in [0.1, 0.15) is 27.2 Å². The van der Waals surface area contributed by atoms with Gasteiger partial charge in [0.15, 0.2) is 0 Å². The van der Waals surface area contributed by atoms with Gasteiger partial charge in [-0.3, -0.25) is 0 Å².